The van der Waals surface area contributed by atoms with Gasteiger partial charge in [-0.15, -0.1) is 0 Å². The van der Waals surface area contributed by atoms with Crippen molar-refractivity contribution in [3.63, 3.8) is 0 Å². The van der Waals surface area contributed by atoms with Crippen molar-refractivity contribution in [2.45, 2.75) is 5.41 Å². The summed E-state index contributed by atoms with van der Waals surface area (Å²) < 4.78 is 2.41. The molecule has 0 N–H and O–H groups in total. The van der Waals surface area contributed by atoms with Gasteiger partial charge >= 0.3 is 0 Å². The summed E-state index contributed by atoms with van der Waals surface area (Å²) in [5.41, 5.74) is 20.0. The maximum Gasteiger partial charge on any atom is 0.0726 e. The van der Waals surface area contributed by atoms with Gasteiger partial charge in [0.15, 0.2) is 0 Å². The molecule has 0 fully saturated rings. The standard InChI is InChI=1S/C65H43N3/c1-5-22-45(23-6-1)66(50-37-39-54-53-32-17-20-36-61(53)68(62(54)43-50)48-28-11-4-12-29-48)49-38-40-59-56(42-49)52-31-15-18-34-57(52)65(59)58-35-19-16-33-55(58)63-60(65)41-44-21-13-14-30-51(44)64(63)67(46-24-7-2-8-25-46)47-26-9-3-10-27-47/h1-43H. The summed E-state index contributed by atoms with van der Waals surface area (Å²) in [6, 6.07) is 96.1. The van der Waals surface area contributed by atoms with Crippen molar-refractivity contribution < 1.29 is 0 Å². The molecule has 0 aliphatic heterocycles. The van der Waals surface area contributed by atoms with Gasteiger partial charge in [-0.3, -0.25) is 0 Å². The largest absolute Gasteiger partial charge is 0.310 e. The lowest BCUT2D eigenvalue weighted by molar-refractivity contribution is 0.795. The molecule has 1 spiro atoms. The van der Waals surface area contributed by atoms with E-state index in [4.69, 9.17) is 0 Å². The highest BCUT2D eigenvalue weighted by atomic mass is 15.2. The summed E-state index contributed by atoms with van der Waals surface area (Å²) in [6.07, 6.45) is 0. The van der Waals surface area contributed by atoms with Crippen LogP contribution >= 0.6 is 0 Å². The van der Waals surface area contributed by atoms with Crippen LogP contribution in [0.2, 0.25) is 0 Å². The lowest BCUT2D eigenvalue weighted by atomic mass is 9.70. The first-order chi connectivity index (χ1) is 33.8. The number of nitrogens with zero attached hydrogens (tertiary/aromatic N) is 3. The average molecular weight is 866 g/mol. The number of benzene rings is 11. The molecule has 11 aromatic carbocycles. The molecule has 0 saturated carbocycles. The third kappa shape index (κ3) is 5.47. The van der Waals surface area contributed by atoms with Crippen molar-refractivity contribution in [1.29, 1.82) is 0 Å². The number of anilines is 6. The topological polar surface area (TPSA) is 11.4 Å². The molecule has 318 valence electrons. The summed E-state index contributed by atoms with van der Waals surface area (Å²) >= 11 is 0. The quantitative estimate of drug-likeness (QED) is 0.158. The van der Waals surface area contributed by atoms with Gasteiger partial charge in [-0.25, -0.2) is 0 Å². The van der Waals surface area contributed by atoms with Crippen molar-refractivity contribution in [3.8, 4) is 27.9 Å². The van der Waals surface area contributed by atoms with Crippen molar-refractivity contribution in [2.24, 2.45) is 0 Å². The maximum absolute atomic E-state index is 2.50. The van der Waals surface area contributed by atoms with Crippen LogP contribution in [0.3, 0.4) is 0 Å². The molecule has 3 heteroatoms. The molecule has 0 bridgehead atoms. The van der Waals surface area contributed by atoms with E-state index in [2.05, 4.69) is 275 Å². The minimum absolute atomic E-state index is 0.568. The highest BCUT2D eigenvalue weighted by Gasteiger charge is 2.53. The Hall–Kier alpha value is -8.92. The number of hydrogen-bond donors (Lipinski definition) is 0. The molecule has 14 rings (SSSR count). The van der Waals surface area contributed by atoms with Crippen molar-refractivity contribution in [3.05, 3.63) is 283 Å². The summed E-state index contributed by atoms with van der Waals surface area (Å²) in [5, 5.41) is 4.91. The van der Waals surface area contributed by atoms with Crippen LogP contribution < -0.4 is 9.80 Å². The van der Waals surface area contributed by atoms with E-state index in [0.717, 1.165) is 34.1 Å². The summed E-state index contributed by atoms with van der Waals surface area (Å²) in [7, 11) is 0. The van der Waals surface area contributed by atoms with E-state index in [-0.39, 0.29) is 0 Å². The molecule has 1 unspecified atom stereocenters. The zero-order valence-corrected chi connectivity index (χ0v) is 37.2. The van der Waals surface area contributed by atoms with Gasteiger partial charge in [-0.05, 0) is 129 Å². The molecule has 2 aliphatic carbocycles. The second-order valence-corrected chi connectivity index (χ2v) is 18.0. The van der Waals surface area contributed by atoms with Gasteiger partial charge in [-0.1, -0.05) is 176 Å². The second-order valence-electron chi connectivity index (χ2n) is 18.0. The highest BCUT2D eigenvalue weighted by Crippen LogP contribution is 2.66. The normalized spacial score (nSPS) is 14.2. The number of hydrogen-bond acceptors (Lipinski definition) is 2. The summed E-state index contributed by atoms with van der Waals surface area (Å²) in [5.74, 6) is 0. The first kappa shape index (κ1) is 38.4. The van der Waals surface area contributed by atoms with Gasteiger partial charge in [0, 0.05) is 55.8 Å². The van der Waals surface area contributed by atoms with Crippen LogP contribution in [0.4, 0.5) is 34.1 Å². The fourth-order valence-electron chi connectivity index (χ4n) is 11.8. The minimum Gasteiger partial charge on any atom is -0.310 e. The van der Waals surface area contributed by atoms with E-state index in [9.17, 15) is 0 Å². The molecular formula is C65H43N3. The Labute approximate surface area is 395 Å². The lowest BCUT2D eigenvalue weighted by Gasteiger charge is -2.33. The van der Waals surface area contributed by atoms with E-state index in [1.54, 1.807) is 0 Å². The number of aromatic nitrogens is 1. The number of para-hydroxylation sites is 5. The third-order valence-electron chi connectivity index (χ3n) is 14.5. The predicted molar refractivity (Wildman–Crippen MR) is 284 cm³/mol. The Kier molecular flexibility index (Phi) is 8.50. The Morgan fingerprint density at radius 3 is 1.50 bits per heavy atom. The Morgan fingerprint density at radius 1 is 0.294 bits per heavy atom. The SMILES string of the molecule is c1ccc(N(c2ccc3c(c2)-c2ccccc2C32c3ccccc3-c3c2cc2ccccc2c3N(c2ccccc2)c2ccccc2)c2ccc3c4ccccc4n(-c4ccccc4)c3c2)cc1. The molecule has 1 atom stereocenters. The van der Waals surface area contributed by atoms with Gasteiger partial charge in [0.25, 0.3) is 0 Å². The van der Waals surface area contributed by atoms with Crippen LogP contribution in [0.5, 0.6) is 0 Å². The summed E-state index contributed by atoms with van der Waals surface area (Å²) in [6.45, 7) is 0. The van der Waals surface area contributed by atoms with Gasteiger partial charge in [0.05, 0.1) is 22.1 Å². The number of fused-ring (bicyclic) bond motifs is 14. The van der Waals surface area contributed by atoms with Crippen molar-refractivity contribution in [1.82, 2.24) is 4.57 Å². The second kappa shape index (κ2) is 15.1. The Bertz CT molecular complexity index is 3870. The molecule has 12 aromatic rings. The minimum atomic E-state index is -0.568. The smallest absolute Gasteiger partial charge is 0.0726 e. The maximum atomic E-state index is 2.50. The lowest BCUT2D eigenvalue weighted by Crippen LogP contribution is -2.26. The van der Waals surface area contributed by atoms with Crippen LogP contribution in [-0.4, -0.2) is 4.57 Å². The van der Waals surface area contributed by atoms with Gasteiger partial charge in [0.1, 0.15) is 0 Å². The fraction of sp³-hybridized carbons (Fsp3) is 0.0154. The van der Waals surface area contributed by atoms with Gasteiger partial charge in [0.2, 0.25) is 0 Å². The molecule has 68 heavy (non-hydrogen) atoms. The molecule has 0 saturated heterocycles. The third-order valence-corrected chi connectivity index (χ3v) is 14.5. The molecule has 2 aliphatic rings. The zero-order chi connectivity index (χ0) is 44.8. The Balaban J connectivity index is 1.03. The molecule has 0 amide bonds. The van der Waals surface area contributed by atoms with Gasteiger partial charge < -0.3 is 14.4 Å². The van der Waals surface area contributed by atoms with Crippen LogP contribution in [0.15, 0.2) is 261 Å². The van der Waals surface area contributed by atoms with Crippen LogP contribution in [0, 0.1) is 0 Å². The van der Waals surface area contributed by atoms with Gasteiger partial charge in [-0.2, -0.15) is 0 Å². The number of rotatable bonds is 7. The highest BCUT2D eigenvalue weighted by molar-refractivity contribution is 6.13. The van der Waals surface area contributed by atoms with Crippen LogP contribution in [0.1, 0.15) is 22.3 Å². The molecule has 1 aromatic heterocycles. The van der Waals surface area contributed by atoms with E-state index in [1.165, 1.54) is 82.8 Å². The zero-order valence-electron chi connectivity index (χ0n) is 37.2. The molecule has 3 nitrogen and oxygen atoms in total. The average Bonchev–Trinajstić information content (AvgIpc) is 4.01. The first-order valence-electron chi connectivity index (χ1n) is 23.5. The molecule has 1 heterocycles. The van der Waals surface area contributed by atoms with E-state index in [1.807, 2.05) is 0 Å². The van der Waals surface area contributed by atoms with Crippen molar-refractivity contribution >= 4 is 66.7 Å². The van der Waals surface area contributed by atoms with E-state index < -0.39 is 5.41 Å². The summed E-state index contributed by atoms with van der Waals surface area (Å²) in [4.78, 5) is 4.91. The van der Waals surface area contributed by atoms with Crippen molar-refractivity contribution in [2.75, 3.05) is 9.80 Å². The molecule has 0 radical (unpaired) electrons. The molecular weight excluding hydrogens is 823 g/mol. The first-order valence-corrected chi connectivity index (χ1v) is 23.5. The van der Waals surface area contributed by atoms with E-state index >= 15 is 0 Å². The monoisotopic (exact) mass is 865 g/mol. The fourth-order valence-corrected chi connectivity index (χ4v) is 11.8. The van der Waals surface area contributed by atoms with E-state index in [0.29, 0.717) is 0 Å². The Morgan fingerprint density at radius 2 is 0.794 bits per heavy atom. The van der Waals surface area contributed by atoms with Crippen LogP contribution in [-0.2, 0) is 5.41 Å². The predicted octanol–water partition coefficient (Wildman–Crippen LogP) is 17.2. The van der Waals surface area contributed by atoms with Crippen LogP contribution in [0.25, 0.3) is 60.5 Å².